The van der Waals surface area contributed by atoms with E-state index in [4.69, 9.17) is 9.47 Å². The molecule has 0 spiro atoms. The van der Waals surface area contributed by atoms with Gasteiger partial charge in [-0.1, -0.05) is 12.1 Å². The Morgan fingerprint density at radius 2 is 1.67 bits per heavy atom. The first-order valence-corrected chi connectivity index (χ1v) is 7.27. The number of carbonyl (C=O) groups is 2. The Balaban J connectivity index is 1.89. The Labute approximate surface area is 139 Å². The molecule has 2 aromatic carbocycles. The number of carbonyl (C=O) groups excluding carboxylic acids is 2. The van der Waals surface area contributed by atoms with Gasteiger partial charge in [0.15, 0.2) is 0 Å². The fourth-order valence-electron chi connectivity index (χ4n) is 2.37. The van der Waals surface area contributed by atoms with Crippen LogP contribution in [0.1, 0.15) is 5.56 Å². The van der Waals surface area contributed by atoms with Crippen LogP contribution in [0.4, 0.5) is 5.69 Å². The summed E-state index contributed by atoms with van der Waals surface area (Å²) in [7, 11) is 3.12. The van der Waals surface area contributed by atoms with Crippen LogP contribution < -0.4 is 19.9 Å². The molecule has 1 saturated heterocycles. The third kappa shape index (κ3) is 2.94. The summed E-state index contributed by atoms with van der Waals surface area (Å²) >= 11 is 0. The van der Waals surface area contributed by atoms with Crippen LogP contribution in [0, 0.1) is 0 Å². The lowest BCUT2D eigenvalue weighted by Gasteiger charge is -2.14. The van der Waals surface area contributed by atoms with Crippen molar-refractivity contribution >= 4 is 23.6 Å². The van der Waals surface area contributed by atoms with E-state index in [1.54, 1.807) is 68.8 Å². The van der Waals surface area contributed by atoms with Crippen LogP contribution in [0.15, 0.2) is 54.1 Å². The van der Waals surface area contributed by atoms with Gasteiger partial charge in [-0.05, 0) is 48.0 Å². The Morgan fingerprint density at radius 3 is 2.33 bits per heavy atom. The van der Waals surface area contributed by atoms with Gasteiger partial charge in [0.25, 0.3) is 11.8 Å². The van der Waals surface area contributed by atoms with Gasteiger partial charge in [-0.3, -0.25) is 15.0 Å². The summed E-state index contributed by atoms with van der Waals surface area (Å²) < 4.78 is 10.2. The van der Waals surface area contributed by atoms with Gasteiger partial charge in [0.05, 0.1) is 19.9 Å². The summed E-state index contributed by atoms with van der Waals surface area (Å²) in [5, 5.41) is 1.22. The molecule has 1 N–H and O–H groups in total. The Kier molecular flexibility index (Phi) is 4.20. The van der Waals surface area contributed by atoms with E-state index in [0.717, 1.165) is 0 Å². The highest BCUT2D eigenvalue weighted by Gasteiger charge is 2.34. The summed E-state index contributed by atoms with van der Waals surface area (Å²) in [6, 6.07) is 14.0. The molecule has 6 nitrogen and oxygen atoms in total. The largest absolute Gasteiger partial charge is 0.497 e. The third-order valence-electron chi connectivity index (χ3n) is 3.63. The first kappa shape index (κ1) is 15.6. The van der Waals surface area contributed by atoms with Crippen molar-refractivity contribution in [2.75, 3.05) is 19.2 Å². The van der Waals surface area contributed by atoms with E-state index in [1.165, 1.54) is 5.01 Å². The highest BCUT2D eigenvalue weighted by molar-refractivity contribution is 6.31. The fraction of sp³-hybridized carbons (Fsp3) is 0.111. The van der Waals surface area contributed by atoms with Crippen LogP contribution in [-0.2, 0) is 9.59 Å². The van der Waals surface area contributed by atoms with Crippen molar-refractivity contribution in [3.8, 4) is 11.5 Å². The zero-order chi connectivity index (χ0) is 17.1. The number of nitrogens with one attached hydrogen (secondary N) is 1. The van der Waals surface area contributed by atoms with Crippen LogP contribution in [-0.4, -0.2) is 26.0 Å². The first-order valence-electron chi connectivity index (χ1n) is 7.27. The maximum atomic E-state index is 12.5. The van der Waals surface area contributed by atoms with Crippen LogP contribution in [0.2, 0.25) is 0 Å². The zero-order valence-electron chi connectivity index (χ0n) is 13.3. The maximum absolute atomic E-state index is 12.5. The maximum Gasteiger partial charge on any atom is 0.282 e. The molecule has 3 rings (SSSR count). The molecule has 6 heteroatoms. The number of hydrogen-bond donors (Lipinski definition) is 1. The lowest BCUT2D eigenvalue weighted by atomic mass is 10.1. The van der Waals surface area contributed by atoms with Gasteiger partial charge >= 0.3 is 0 Å². The number of amides is 2. The summed E-state index contributed by atoms with van der Waals surface area (Å²) in [6.45, 7) is 0. The van der Waals surface area contributed by atoms with Crippen LogP contribution in [0.5, 0.6) is 11.5 Å². The van der Waals surface area contributed by atoms with E-state index in [0.29, 0.717) is 22.7 Å². The van der Waals surface area contributed by atoms with Crippen LogP contribution in [0.3, 0.4) is 0 Å². The SMILES string of the molecule is COc1ccc(N2NC(=O)/C(=C\c3cccc(OC)c3)C2=O)cc1. The van der Waals surface area contributed by atoms with Gasteiger partial charge in [0.2, 0.25) is 0 Å². The average molecular weight is 324 g/mol. The molecule has 2 aromatic rings. The molecule has 1 aliphatic rings. The van der Waals surface area contributed by atoms with E-state index >= 15 is 0 Å². The molecule has 1 aliphatic heterocycles. The predicted molar refractivity (Wildman–Crippen MR) is 89.6 cm³/mol. The number of hydrazine groups is 1. The van der Waals surface area contributed by atoms with E-state index < -0.39 is 11.8 Å². The first-order chi connectivity index (χ1) is 11.6. The summed E-state index contributed by atoms with van der Waals surface area (Å²) in [4.78, 5) is 24.7. The minimum atomic E-state index is -0.446. The lowest BCUT2D eigenvalue weighted by molar-refractivity contribution is -0.117. The Morgan fingerprint density at radius 1 is 0.958 bits per heavy atom. The molecule has 1 fully saturated rings. The molecule has 2 amide bonds. The van der Waals surface area contributed by atoms with Gasteiger partial charge in [0.1, 0.15) is 17.1 Å². The van der Waals surface area contributed by atoms with E-state index in [-0.39, 0.29) is 5.57 Å². The average Bonchev–Trinajstić information content (AvgIpc) is 2.90. The molecule has 0 aromatic heterocycles. The van der Waals surface area contributed by atoms with Gasteiger partial charge in [0, 0.05) is 0 Å². The van der Waals surface area contributed by atoms with Crippen molar-refractivity contribution in [1.29, 1.82) is 0 Å². The second kappa shape index (κ2) is 6.45. The lowest BCUT2D eigenvalue weighted by Crippen LogP contribution is -2.35. The molecular weight excluding hydrogens is 308 g/mol. The number of ether oxygens (including phenoxy) is 2. The quantitative estimate of drug-likeness (QED) is 0.691. The highest BCUT2D eigenvalue weighted by atomic mass is 16.5. The number of methoxy groups -OCH3 is 2. The van der Waals surface area contributed by atoms with E-state index in [2.05, 4.69) is 5.43 Å². The number of nitrogens with zero attached hydrogens (tertiary/aromatic N) is 1. The Hall–Kier alpha value is -3.28. The van der Waals surface area contributed by atoms with Gasteiger partial charge in [-0.25, -0.2) is 5.01 Å². The number of benzene rings is 2. The number of anilines is 1. The molecule has 0 atom stereocenters. The predicted octanol–water partition coefficient (Wildman–Crippen LogP) is 2.17. The minimum Gasteiger partial charge on any atom is -0.497 e. The Bertz CT molecular complexity index is 812. The second-order valence-electron chi connectivity index (χ2n) is 5.11. The van der Waals surface area contributed by atoms with Crippen LogP contribution in [0.25, 0.3) is 6.08 Å². The van der Waals surface area contributed by atoms with Crippen molar-refractivity contribution in [1.82, 2.24) is 5.43 Å². The monoisotopic (exact) mass is 324 g/mol. The molecule has 1 heterocycles. The summed E-state index contributed by atoms with van der Waals surface area (Å²) in [6.07, 6.45) is 1.55. The topological polar surface area (TPSA) is 67.9 Å². The van der Waals surface area contributed by atoms with Crippen molar-refractivity contribution in [2.45, 2.75) is 0 Å². The molecule has 0 aliphatic carbocycles. The van der Waals surface area contributed by atoms with E-state index in [1.807, 2.05) is 0 Å². The summed E-state index contributed by atoms with van der Waals surface area (Å²) in [5.41, 5.74) is 3.90. The minimum absolute atomic E-state index is 0.0686. The molecule has 0 bridgehead atoms. The van der Waals surface area contributed by atoms with Crippen molar-refractivity contribution in [3.05, 3.63) is 59.7 Å². The fourth-order valence-corrected chi connectivity index (χ4v) is 2.37. The zero-order valence-corrected chi connectivity index (χ0v) is 13.3. The van der Waals surface area contributed by atoms with Crippen molar-refractivity contribution in [3.63, 3.8) is 0 Å². The number of hydrogen-bond acceptors (Lipinski definition) is 4. The van der Waals surface area contributed by atoms with Gasteiger partial charge < -0.3 is 9.47 Å². The normalized spacial score (nSPS) is 15.6. The standard InChI is InChI=1S/C18H16N2O4/c1-23-14-8-6-13(7-9-14)20-18(22)16(17(21)19-20)11-12-4-3-5-15(10-12)24-2/h3-11H,1-2H3,(H,19,21)/b16-11+. The second-order valence-corrected chi connectivity index (χ2v) is 5.11. The van der Waals surface area contributed by atoms with Gasteiger partial charge in [-0.15, -0.1) is 0 Å². The summed E-state index contributed by atoms with van der Waals surface area (Å²) in [5.74, 6) is 0.470. The molecule has 0 saturated carbocycles. The smallest absolute Gasteiger partial charge is 0.282 e. The third-order valence-corrected chi connectivity index (χ3v) is 3.63. The van der Waals surface area contributed by atoms with Gasteiger partial charge in [-0.2, -0.15) is 0 Å². The van der Waals surface area contributed by atoms with Crippen LogP contribution >= 0.6 is 0 Å². The number of rotatable bonds is 4. The van der Waals surface area contributed by atoms with E-state index in [9.17, 15) is 9.59 Å². The van der Waals surface area contributed by atoms with Crippen molar-refractivity contribution in [2.24, 2.45) is 0 Å². The molecular formula is C18H16N2O4. The molecule has 0 unspecified atom stereocenters. The molecule has 24 heavy (non-hydrogen) atoms. The molecule has 0 radical (unpaired) electrons. The molecule has 122 valence electrons. The highest BCUT2D eigenvalue weighted by Crippen LogP contribution is 2.24. The van der Waals surface area contributed by atoms with Crippen molar-refractivity contribution < 1.29 is 19.1 Å².